The van der Waals surface area contributed by atoms with Crippen molar-refractivity contribution in [1.82, 2.24) is 0 Å². The van der Waals surface area contributed by atoms with E-state index in [4.69, 9.17) is 4.74 Å². The van der Waals surface area contributed by atoms with E-state index in [1.54, 1.807) is 18.2 Å². The molecule has 0 fully saturated rings. The lowest BCUT2D eigenvalue weighted by Crippen LogP contribution is -2.03. The number of aliphatic hydroxyl groups excluding tert-OH is 1. The van der Waals surface area contributed by atoms with E-state index in [9.17, 15) is 13.9 Å². The van der Waals surface area contributed by atoms with Gasteiger partial charge in [-0.2, -0.15) is 0 Å². The molecule has 2 aromatic rings. The van der Waals surface area contributed by atoms with Crippen LogP contribution in [0.25, 0.3) is 0 Å². The van der Waals surface area contributed by atoms with Crippen LogP contribution in [0.5, 0.6) is 5.75 Å². The van der Waals surface area contributed by atoms with Crippen LogP contribution >= 0.6 is 0 Å². The third kappa shape index (κ3) is 3.24. The van der Waals surface area contributed by atoms with E-state index in [2.05, 4.69) is 5.32 Å². The molecule has 5 heteroatoms. The lowest BCUT2D eigenvalue weighted by molar-refractivity contribution is 0.274. The number of aliphatic hydroxyl groups is 1. The molecule has 0 aromatic heterocycles. The van der Waals surface area contributed by atoms with Crippen molar-refractivity contribution in [3.8, 4) is 5.75 Å². The third-order valence-corrected chi connectivity index (χ3v) is 2.94. The zero-order valence-electron chi connectivity index (χ0n) is 11.0. The molecule has 0 aliphatic heterocycles. The van der Waals surface area contributed by atoms with Gasteiger partial charge in [-0.05, 0) is 36.4 Å². The quantitative estimate of drug-likeness (QED) is 0.883. The maximum atomic E-state index is 13.5. The fourth-order valence-corrected chi connectivity index (χ4v) is 1.89. The summed E-state index contributed by atoms with van der Waals surface area (Å²) < 4.78 is 31.6. The maximum absolute atomic E-state index is 13.5. The first-order chi connectivity index (χ1) is 9.63. The lowest BCUT2D eigenvalue weighted by atomic mass is 10.1. The molecule has 0 aliphatic carbocycles. The van der Waals surface area contributed by atoms with Crippen LogP contribution in [-0.2, 0) is 13.2 Å². The van der Waals surface area contributed by atoms with Gasteiger partial charge in [0.15, 0.2) is 0 Å². The molecule has 20 heavy (non-hydrogen) atoms. The molecule has 0 saturated carbocycles. The third-order valence-electron chi connectivity index (χ3n) is 2.94. The summed E-state index contributed by atoms with van der Waals surface area (Å²) in [6.07, 6.45) is 0. The number of halogens is 2. The normalized spacial score (nSPS) is 10.4. The van der Waals surface area contributed by atoms with Gasteiger partial charge in [0.05, 0.1) is 13.7 Å². The van der Waals surface area contributed by atoms with E-state index in [1.807, 2.05) is 0 Å². The SMILES string of the molecule is COc1ccc(NCc2cc(F)ccc2F)cc1CO. The van der Waals surface area contributed by atoms with Crippen LogP contribution in [0.2, 0.25) is 0 Å². The topological polar surface area (TPSA) is 41.5 Å². The maximum Gasteiger partial charge on any atom is 0.128 e. The fourth-order valence-electron chi connectivity index (χ4n) is 1.89. The number of methoxy groups -OCH3 is 1. The Balaban J connectivity index is 2.12. The Hall–Kier alpha value is -2.14. The molecule has 0 aliphatic rings. The first kappa shape index (κ1) is 14.3. The highest BCUT2D eigenvalue weighted by Crippen LogP contribution is 2.23. The molecule has 0 bridgehead atoms. The first-order valence-corrected chi connectivity index (χ1v) is 6.09. The molecule has 2 aromatic carbocycles. The van der Waals surface area contributed by atoms with Gasteiger partial charge in [-0.3, -0.25) is 0 Å². The number of hydrogen-bond donors (Lipinski definition) is 2. The smallest absolute Gasteiger partial charge is 0.128 e. The van der Waals surface area contributed by atoms with Gasteiger partial charge in [-0.1, -0.05) is 0 Å². The van der Waals surface area contributed by atoms with Crippen molar-refractivity contribution in [3.63, 3.8) is 0 Å². The van der Waals surface area contributed by atoms with Gasteiger partial charge < -0.3 is 15.2 Å². The van der Waals surface area contributed by atoms with Crippen molar-refractivity contribution >= 4 is 5.69 Å². The van der Waals surface area contributed by atoms with Gasteiger partial charge in [0.1, 0.15) is 17.4 Å². The van der Waals surface area contributed by atoms with Crippen molar-refractivity contribution < 1.29 is 18.6 Å². The molecule has 0 spiro atoms. The molecule has 3 nitrogen and oxygen atoms in total. The summed E-state index contributed by atoms with van der Waals surface area (Å²) >= 11 is 0. The van der Waals surface area contributed by atoms with Gasteiger partial charge in [0.25, 0.3) is 0 Å². The highest BCUT2D eigenvalue weighted by Gasteiger charge is 2.06. The summed E-state index contributed by atoms with van der Waals surface area (Å²) in [6.45, 7) is -0.00614. The Morgan fingerprint density at radius 1 is 1.10 bits per heavy atom. The highest BCUT2D eigenvalue weighted by molar-refractivity contribution is 5.51. The van der Waals surface area contributed by atoms with Crippen LogP contribution in [0, 0.1) is 11.6 Å². The van der Waals surface area contributed by atoms with E-state index in [-0.39, 0.29) is 18.7 Å². The van der Waals surface area contributed by atoms with E-state index in [0.717, 1.165) is 18.2 Å². The zero-order chi connectivity index (χ0) is 14.5. The minimum Gasteiger partial charge on any atom is -0.496 e. The monoisotopic (exact) mass is 279 g/mol. The van der Waals surface area contributed by atoms with Gasteiger partial charge in [-0.25, -0.2) is 8.78 Å². The van der Waals surface area contributed by atoms with Crippen LogP contribution < -0.4 is 10.1 Å². The summed E-state index contributed by atoms with van der Waals surface area (Å²) in [5.41, 5.74) is 1.56. The average Bonchev–Trinajstić information content (AvgIpc) is 2.47. The van der Waals surface area contributed by atoms with E-state index in [1.165, 1.54) is 7.11 Å². The standard InChI is InChI=1S/C15H15F2NO2/c1-20-15-5-3-13(7-11(15)9-19)18-8-10-6-12(16)2-4-14(10)17/h2-7,18-19H,8-9H2,1H3. The molecule has 2 N–H and O–H groups in total. The summed E-state index contributed by atoms with van der Waals surface area (Å²) in [5.74, 6) is -0.362. The second-order valence-corrected chi connectivity index (χ2v) is 4.27. The largest absolute Gasteiger partial charge is 0.496 e. The predicted molar refractivity (Wildman–Crippen MR) is 72.6 cm³/mol. The summed E-state index contributed by atoms with van der Waals surface area (Å²) in [6, 6.07) is 8.48. The van der Waals surface area contributed by atoms with Crippen LogP contribution in [0.15, 0.2) is 36.4 Å². The second-order valence-electron chi connectivity index (χ2n) is 4.27. The van der Waals surface area contributed by atoms with E-state index < -0.39 is 11.6 Å². The summed E-state index contributed by atoms with van der Waals surface area (Å²) in [5, 5.41) is 12.2. The molecule has 106 valence electrons. The van der Waals surface area contributed by atoms with Crippen molar-refractivity contribution in [2.24, 2.45) is 0 Å². The Labute approximate surface area is 115 Å². The van der Waals surface area contributed by atoms with Gasteiger partial charge >= 0.3 is 0 Å². The van der Waals surface area contributed by atoms with Crippen molar-refractivity contribution in [2.45, 2.75) is 13.2 Å². The number of anilines is 1. The molecule has 0 unspecified atom stereocenters. The van der Waals surface area contributed by atoms with Crippen LogP contribution in [0.4, 0.5) is 14.5 Å². The summed E-state index contributed by atoms with van der Waals surface area (Å²) in [7, 11) is 1.52. The number of rotatable bonds is 5. The molecule has 0 atom stereocenters. The Bertz CT molecular complexity index is 602. The Morgan fingerprint density at radius 2 is 1.90 bits per heavy atom. The number of hydrogen-bond acceptors (Lipinski definition) is 3. The molecular weight excluding hydrogens is 264 g/mol. The second kappa shape index (κ2) is 6.34. The first-order valence-electron chi connectivity index (χ1n) is 6.09. The minimum absolute atomic E-state index is 0.154. The minimum atomic E-state index is -0.478. The lowest BCUT2D eigenvalue weighted by Gasteiger charge is -2.11. The van der Waals surface area contributed by atoms with Crippen molar-refractivity contribution in [2.75, 3.05) is 12.4 Å². The molecule has 0 saturated heterocycles. The Kier molecular flexibility index (Phi) is 4.53. The van der Waals surface area contributed by atoms with Gasteiger partial charge in [-0.15, -0.1) is 0 Å². The van der Waals surface area contributed by atoms with Gasteiger partial charge in [0, 0.05) is 23.4 Å². The molecular formula is C15H15F2NO2. The summed E-state index contributed by atoms with van der Waals surface area (Å²) in [4.78, 5) is 0. The van der Waals surface area contributed by atoms with Crippen LogP contribution in [0.3, 0.4) is 0 Å². The zero-order valence-corrected chi connectivity index (χ0v) is 11.0. The molecule has 2 rings (SSSR count). The number of benzene rings is 2. The van der Waals surface area contributed by atoms with Crippen molar-refractivity contribution in [3.05, 3.63) is 59.2 Å². The number of nitrogens with one attached hydrogen (secondary N) is 1. The van der Waals surface area contributed by atoms with Crippen LogP contribution in [0.1, 0.15) is 11.1 Å². The van der Waals surface area contributed by atoms with E-state index in [0.29, 0.717) is 17.0 Å². The predicted octanol–water partition coefficient (Wildman–Crippen LogP) is 3.08. The van der Waals surface area contributed by atoms with E-state index >= 15 is 0 Å². The van der Waals surface area contributed by atoms with Crippen molar-refractivity contribution in [1.29, 1.82) is 0 Å². The number of ether oxygens (including phenoxy) is 1. The Morgan fingerprint density at radius 3 is 2.60 bits per heavy atom. The average molecular weight is 279 g/mol. The van der Waals surface area contributed by atoms with Gasteiger partial charge in [0.2, 0.25) is 0 Å². The fraction of sp³-hybridized carbons (Fsp3) is 0.200. The molecule has 0 heterocycles. The highest BCUT2D eigenvalue weighted by atomic mass is 19.1. The molecule has 0 amide bonds. The van der Waals surface area contributed by atoms with Crippen LogP contribution in [-0.4, -0.2) is 12.2 Å². The molecule has 0 radical (unpaired) electrons.